The van der Waals surface area contributed by atoms with E-state index in [9.17, 15) is 4.79 Å². The highest BCUT2D eigenvalue weighted by molar-refractivity contribution is 7.98. The van der Waals surface area contributed by atoms with Crippen LogP contribution in [0.4, 0.5) is 0 Å². The van der Waals surface area contributed by atoms with Gasteiger partial charge in [-0.1, -0.05) is 29.8 Å². The molecule has 0 atom stereocenters. The Kier molecular flexibility index (Phi) is 5.31. The van der Waals surface area contributed by atoms with Gasteiger partial charge in [-0.05, 0) is 36.6 Å². The smallest absolute Gasteiger partial charge is 0.328 e. The zero-order valence-corrected chi connectivity index (χ0v) is 12.8. The van der Waals surface area contributed by atoms with E-state index in [0.29, 0.717) is 22.1 Å². The number of hydrogen-bond donors (Lipinski definition) is 1. The topological polar surface area (TPSA) is 46.5 Å². The third-order valence-electron chi connectivity index (χ3n) is 2.69. The molecule has 21 heavy (non-hydrogen) atoms. The summed E-state index contributed by atoms with van der Waals surface area (Å²) in [5, 5.41) is 9.19. The van der Waals surface area contributed by atoms with Gasteiger partial charge >= 0.3 is 5.97 Å². The first kappa shape index (κ1) is 15.5. The van der Waals surface area contributed by atoms with Gasteiger partial charge in [0.15, 0.2) is 0 Å². The van der Waals surface area contributed by atoms with E-state index >= 15 is 0 Å². The molecule has 0 radical (unpaired) electrons. The fourth-order valence-corrected chi connectivity index (χ4v) is 2.50. The van der Waals surface area contributed by atoms with Crippen LogP contribution in [0.3, 0.4) is 0 Å². The first-order valence-corrected chi connectivity index (χ1v) is 7.72. The lowest BCUT2D eigenvalue weighted by atomic mass is 10.2. The van der Waals surface area contributed by atoms with Gasteiger partial charge in [-0.2, -0.15) is 0 Å². The highest BCUT2D eigenvalue weighted by Crippen LogP contribution is 2.35. The molecular formula is C16H13ClO3S. The minimum atomic E-state index is -1.04. The van der Waals surface area contributed by atoms with Gasteiger partial charge in [0.2, 0.25) is 0 Å². The van der Waals surface area contributed by atoms with Gasteiger partial charge in [-0.3, -0.25) is 0 Å². The van der Waals surface area contributed by atoms with Crippen LogP contribution in [0.1, 0.15) is 5.56 Å². The Morgan fingerprint density at radius 1 is 1.19 bits per heavy atom. The minimum absolute atomic E-state index is 0.437. The molecule has 3 nitrogen and oxygen atoms in total. The molecule has 0 aliphatic rings. The van der Waals surface area contributed by atoms with Crippen molar-refractivity contribution >= 4 is 35.4 Å². The van der Waals surface area contributed by atoms with E-state index in [1.54, 1.807) is 30.0 Å². The Morgan fingerprint density at radius 2 is 1.90 bits per heavy atom. The van der Waals surface area contributed by atoms with E-state index in [0.717, 1.165) is 11.0 Å². The lowest BCUT2D eigenvalue weighted by Gasteiger charge is -2.12. The largest absolute Gasteiger partial charge is 0.478 e. The third kappa shape index (κ3) is 4.03. The molecule has 2 aromatic carbocycles. The number of ether oxygens (including phenoxy) is 1. The number of para-hydroxylation sites is 1. The highest BCUT2D eigenvalue weighted by atomic mass is 35.5. The molecule has 1 N–H and O–H groups in total. The summed E-state index contributed by atoms with van der Waals surface area (Å²) >= 11 is 7.70. The number of benzene rings is 2. The van der Waals surface area contributed by atoms with Crippen LogP contribution in [0, 0.1) is 0 Å². The highest BCUT2D eigenvalue weighted by Gasteiger charge is 2.09. The van der Waals surface area contributed by atoms with Crippen LogP contribution in [0.25, 0.3) is 6.08 Å². The van der Waals surface area contributed by atoms with Crippen LogP contribution in [0.2, 0.25) is 5.02 Å². The number of aliphatic carboxylic acids is 1. The molecule has 0 aliphatic heterocycles. The third-order valence-corrected chi connectivity index (χ3v) is 3.80. The summed E-state index contributed by atoms with van der Waals surface area (Å²) in [7, 11) is 0. The number of carboxylic acid groups (broad SMARTS) is 1. The average Bonchev–Trinajstić information content (AvgIpc) is 2.47. The fourth-order valence-electron chi connectivity index (χ4n) is 1.74. The number of halogens is 1. The van der Waals surface area contributed by atoms with Crippen LogP contribution in [-0.4, -0.2) is 17.3 Å². The number of hydrogen-bond acceptors (Lipinski definition) is 3. The van der Waals surface area contributed by atoms with Gasteiger partial charge < -0.3 is 9.84 Å². The van der Waals surface area contributed by atoms with E-state index in [1.165, 1.54) is 6.08 Å². The van der Waals surface area contributed by atoms with Crippen LogP contribution in [0.5, 0.6) is 11.5 Å². The number of carbonyl (C=O) groups is 1. The summed E-state index contributed by atoms with van der Waals surface area (Å²) in [6.07, 6.45) is 4.43. The maximum absolute atomic E-state index is 10.7. The Morgan fingerprint density at radius 3 is 2.62 bits per heavy atom. The zero-order chi connectivity index (χ0) is 15.2. The summed E-state index contributed by atoms with van der Waals surface area (Å²) in [4.78, 5) is 11.7. The summed E-state index contributed by atoms with van der Waals surface area (Å²) in [6, 6.07) is 12.8. The van der Waals surface area contributed by atoms with Gasteiger partial charge in [0.05, 0.1) is 5.02 Å². The van der Waals surface area contributed by atoms with Crippen molar-refractivity contribution in [3.63, 3.8) is 0 Å². The predicted octanol–water partition coefficient (Wildman–Crippen LogP) is 4.95. The van der Waals surface area contributed by atoms with Crippen molar-refractivity contribution in [1.29, 1.82) is 0 Å². The number of carboxylic acids is 1. The van der Waals surface area contributed by atoms with Crippen molar-refractivity contribution in [3.05, 3.63) is 59.1 Å². The van der Waals surface area contributed by atoms with Gasteiger partial charge in [-0.15, -0.1) is 11.8 Å². The van der Waals surface area contributed by atoms with Crippen LogP contribution >= 0.6 is 23.4 Å². The molecule has 5 heteroatoms. The quantitative estimate of drug-likeness (QED) is 0.625. The van der Waals surface area contributed by atoms with Crippen molar-refractivity contribution in [3.8, 4) is 11.5 Å². The molecule has 0 unspecified atom stereocenters. The number of thioether (sulfide) groups is 1. The van der Waals surface area contributed by atoms with E-state index in [1.807, 2.05) is 30.5 Å². The Hall–Kier alpha value is -1.91. The second-order valence-corrected chi connectivity index (χ2v) is 5.33. The molecule has 0 aromatic heterocycles. The molecule has 0 bridgehead atoms. The van der Waals surface area contributed by atoms with Crippen LogP contribution in [0.15, 0.2) is 53.4 Å². The maximum atomic E-state index is 10.7. The van der Waals surface area contributed by atoms with Crippen molar-refractivity contribution in [2.75, 3.05) is 6.26 Å². The molecule has 2 aromatic rings. The fraction of sp³-hybridized carbons (Fsp3) is 0.0625. The standard InChI is InChI=1S/C16H13ClO3S/c1-21-15-8-3-2-6-14(15)20-13-7-4-5-12(17)11(13)9-10-16(18)19/h2-10H,1H3,(H,18,19). The second-order valence-electron chi connectivity index (χ2n) is 4.08. The Labute approximate surface area is 132 Å². The van der Waals surface area contributed by atoms with E-state index in [-0.39, 0.29) is 0 Å². The first-order chi connectivity index (χ1) is 10.1. The van der Waals surface area contributed by atoms with Crippen LogP contribution in [-0.2, 0) is 4.79 Å². The predicted molar refractivity (Wildman–Crippen MR) is 86.4 cm³/mol. The molecule has 0 heterocycles. The molecule has 2 rings (SSSR count). The van der Waals surface area contributed by atoms with E-state index < -0.39 is 5.97 Å². The Bertz CT molecular complexity index is 683. The van der Waals surface area contributed by atoms with Crippen molar-refractivity contribution in [2.24, 2.45) is 0 Å². The zero-order valence-electron chi connectivity index (χ0n) is 11.2. The molecule has 0 spiro atoms. The molecular weight excluding hydrogens is 308 g/mol. The lowest BCUT2D eigenvalue weighted by Crippen LogP contribution is -1.91. The molecule has 0 amide bonds. The normalized spacial score (nSPS) is 10.8. The van der Waals surface area contributed by atoms with Crippen molar-refractivity contribution < 1.29 is 14.6 Å². The molecule has 0 saturated carbocycles. The number of rotatable bonds is 5. The second kappa shape index (κ2) is 7.20. The van der Waals surface area contributed by atoms with Gasteiger partial charge in [0, 0.05) is 16.5 Å². The monoisotopic (exact) mass is 320 g/mol. The first-order valence-electron chi connectivity index (χ1n) is 6.12. The summed E-state index contributed by atoms with van der Waals surface area (Å²) in [6.45, 7) is 0. The van der Waals surface area contributed by atoms with E-state index in [4.69, 9.17) is 21.4 Å². The summed E-state index contributed by atoms with van der Waals surface area (Å²) < 4.78 is 5.90. The van der Waals surface area contributed by atoms with Gasteiger partial charge in [0.25, 0.3) is 0 Å². The van der Waals surface area contributed by atoms with Gasteiger partial charge in [-0.25, -0.2) is 4.79 Å². The molecule has 0 aliphatic carbocycles. The van der Waals surface area contributed by atoms with Crippen LogP contribution < -0.4 is 4.74 Å². The average molecular weight is 321 g/mol. The Balaban J connectivity index is 2.40. The molecule has 0 saturated heterocycles. The van der Waals surface area contributed by atoms with Crippen molar-refractivity contribution in [1.82, 2.24) is 0 Å². The summed E-state index contributed by atoms with van der Waals surface area (Å²) in [5.41, 5.74) is 0.539. The summed E-state index contributed by atoms with van der Waals surface area (Å²) in [5.74, 6) is 0.184. The minimum Gasteiger partial charge on any atom is -0.478 e. The molecule has 108 valence electrons. The van der Waals surface area contributed by atoms with Gasteiger partial charge in [0.1, 0.15) is 11.5 Å². The van der Waals surface area contributed by atoms with Crippen molar-refractivity contribution in [2.45, 2.75) is 4.90 Å². The molecule has 0 fully saturated rings. The van der Waals surface area contributed by atoms with E-state index in [2.05, 4.69) is 0 Å². The maximum Gasteiger partial charge on any atom is 0.328 e. The SMILES string of the molecule is CSc1ccccc1Oc1cccc(Cl)c1C=CC(=O)O. The lowest BCUT2D eigenvalue weighted by molar-refractivity contribution is -0.131.